The molecule has 3 rings (SSSR count). The van der Waals surface area contributed by atoms with Crippen LogP contribution in [-0.2, 0) is 31.3 Å². The van der Waals surface area contributed by atoms with Gasteiger partial charge in [-0.15, -0.1) is 11.6 Å². The third-order valence-corrected chi connectivity index (χ3v) is 6.39. The molecule has 0 amide bonds. The number of benzene rings is 3. The van der Waals surface area contributed by atoms with Crippen molar-refractivity contribution < 1.29 is 31.3 Å². The van der Waals surface area contributed by atoms with Gasteiger partial charge in [0.25, 0.3) is 0 Å². The van der Waals surface area contributed by atoms with Crippen LogP contribution >= 0.6 is 19.5 Å². The molecule has 3 nitrogen and oxygen atoms in total. The van der Waals surface area contributed by atoms with Gasteiger partial charge in [-0.3, -0.25) is 0 Å². The van der Waals surface area contributed by atoms with Crippen LogP contribution in [0, 0.1) is 20.0 Å². The van der Waals surface area contributed by atoms with Crippen LogP contribution in [0.25, 0.3) is 0 Å². The molecule has 29 heavy (non-hydrogen) atoms. The molecule has 0 spiro atoms. The first-order valence-corrected chi connectivity index (χ1v) is 9.79. The Morgan fingerprint density at radius 3 is 1.38 bits per heavy atom. The third kappa shape index (κ3) is 9.00. The molecular weight excluding hydrogens is 443 g/mol. The minimum absolute atomic E-state index is 0. The van der Waals surface area contributed by atoms with Crippen molar-refractivity contribution in [3.05, 3.63) is 110 Å². The second-order valence-electron chi connectivity index (χ2n) is 5.18. The number of alkyl halides is 1. The molecule has 0 aromatic heterocycles. The smallest absolute Gasteiger partial charge is 0 e. The Morgan fingerprint density at radius 1 is 0.655 bits per heavy atom. The van der Waals surface area contributed by atoms with E-state index in [4.69, 9.17) is 25.6 Å². The molecule has 3 aromatic rings. The van der Waals surface area contributed by atoms with Crippen molar-refractivity contribution >= 4 is 35.4 Å². The van der Waals surface area contributed by atoms with Crippen molar-refractivity contribution in [2.75, 3.05) is 0 Å². The number of hydrogen-bond acceptors (Lipinski definition) is 0. The van der Waals surface area contributed by atoms with E-state index in [1.165, 1.54) is 21.5 Å². The molecule has 0 radical (unpaired) electrons. The summed E-state index contributed by atoms with van der Waals surface area (Å²) in [4.78, 5) is 0. The Bertz CT molecular complexity index is 812. The van der Waals surface area contributed by atoms with E-state index >= 15 is 0 Å². The van der Waals surface area contributed by atoms with E-state index in [1.54, 1.807) is 0 Å². The summed E-state index contributed by atoms with van der Waals surface area (Å²) in [7, 11) is -0.584. The number of hydrogen-bond donors (Lipinski definition) is 0. The van der Waals surface area contributed by atoms with Crippen LogP contribution in [0.5, 0.6) is 0 Å². The molecular formula is C23H18ClCrO3P. The van der Waals surface area contributed by atoms with Gasteiger partial charge < -0.3 is 0 Å². The fourth-order valence-electron chi connectivity index (χ4n) is 2.61. The van der Waals surface area contributed by atoms with Crippen LogP contribution in [0.4, 0.5) is 0 Å². The molecule has 0 unspecified atom stereocenters. The summed E-state index contributed by atoms with van der Waals surface area (Å²) in [6, 6.07) is 30.0. The van der Waals surface area contributed by atoms with Gasteiger partial charge in [-0.1, -0.05) is 84.9 Å². The average Bonchev–Trinajstić information content (AvgIpc) is 2.80. The van der Waals surface area contributed by atoms with Crippen molar-refractivity contribution in [3.8, 4) is 0 Å². The molecule has 6 heteroatoms. The van der Waals surface area contributed by atoms with Crippen LogP contribution in [0.15, 0.2) is 84.9 Å². The fraction of sp³-hybridized carbons (Fsp3) is 0.0870. The second-order valence-corrected chi connectivity index (χ2v) is 8.02. The average molecular weight is 461 g/mol. The third-order valence-electron chi connectivity index (χ3n) is 3.63. The number of rotatable bonds is 4. The van der Waals surface area contributed by atoms with Gasteiger partial charge in [-0.25, -0.2) is 0 Å². The van der Waals surface area contributed by atoms with Crippen LogP contribution < -0.4 is 15.9 Å². The molecule has 1 atom stereocenters. The van der Waals surface area contributed by atoms with Gasteiger partial charge in [-0.05, 0) is 36.3 Å². The van der Waals surface area contributed by atoms with E-state index in [2.05, 4.69) is 105 Å². The topological polar surface area (TPSA) is 59.7 Å². The summed E-state index contributed by atoms with van der Waals surface area (Å²) >= 11 is 6.44. The molecule has 3 aromatic carbocycles. The molecule has 0 aliphatic carbocycles. The van der Waals surface area contributed by atoms with E-state index < -0.39 is 7.92 Å². The molecule has 146 valence electrons. The Balaban J connectivity index is 0. The summed E-state index contributed by atoms with van der Waals surface area (Å²) in [6.07, 6.45) is 0. The van der Waals surface area contributed by atoms with Gasteiger partial charge in [0.2, 0.25) is 0 Å². The van der Waals surface area contributed by atoms with Crippen molar-refractivity contribution in [1.29, 1.82) is 0 Å². The first kappa shape index (κ1) is 29.3. The molecule has 0 fully saturated rings. The second kappa shape index (κ2) is 18.2. The summed E-state index contributed by atoms with van der Waals surface area (Å²) in [6.45, 7) is 15.5. The SMILES string of the molecule is C[C@H](Cl)c1ccccc1P(c1ccccc1)c1ccccc1.[C-]#[O+].[C-]#[O+].[C-]#[O+].[Cr]. The summed E-state index contributed by atoms with van der Waals surface area (Å²) in [5.41, 5.74) is 1.22. The zero-order valence-electron chi connectivity index (χ0n) is 15.6. The summed E-state index contributed by atoms with van der Waals surface area (Å²) in [5, 5.41) is 4.06. The number of halogens is 1. The molecule has 0 aliphatic heterocycles. The van der Waals surface area contributed by atoms with Crippen LogP contribution in [-0.4, -0.2) is 0 Å². The van der Waals surface area contributed by atoms with Gasteiger partial charge >= 0.3 is 33.9 Å². The van der Waals surface area contributed by atoms with E-state index in [0.29, 0.717) is 0 Å². The summed E-state index contributed by atoms with van der Waals surface area (Å²) < 4.78 is 22.5. The van der Waals surface area contributed by atoms with Crippen molar-refractivity contribution in [2.45, 2.75) is 12.3 Å². The first-order valence-electron chi connectivity index (χ1n) is 8.02. The van der Waals surface area contributed by atoms with Crippen molar-refractivity contribution in [2.24, 2.45) is 0 Å². The Kier molecular flexibility index (Phi) is 18.4. The predicted octanol–water partition coefficient (Wildman–Crippen LogP) is 4.63. The van der Waals surface area contributed by atoms with Gasteiger partial charge in [0.1, 0.15) is 0 Å². The first-order chi connectivity index (χ1) is 13.8. The van der Waals surface area contributed by atoms with Gasteiger partial charge in [-0.2, -0.15) is 0 Å². The Hall–Kier alpha value is -1.87. The maximum atomic E-state index is 7.50. The van der Waals surface area contributed by atoms with Crippen molar-refractivity contribution in [3.63, 3.8) is 0 Å². The van der Waals surface area contributed by atoms with Gasteiger partial charge in [0.05, 0.1) is 5.38 Å². The molecule has 0 heterocycles. The van der Waals surface area contributed by atoms with Gasteiger partial charge in [0, 0.05) is 17.4 Å². The van der Waals surface area contributed by atoms with Gasteiger partial charge in [0.15, 0.2) is 0 Å². The minimum atomic E-state index is -0.584. The molecule has 0 N–H and O–H groups in total. The van der Waals surface area contributed by atoms with Crippen LogP contribution in [0.3, 0.4) is 0 Å². The normalized spacial score (nSPS) is 9.55. The molecule has 0 aliphatic rings. The monoisotopic (exact) mass is 460 g/mol. The molecule has 0 saturated carbocycles. The van der Waals surface area contributed by atoms with E-state index in [9.17, 15) is 0 Å². The Labute approximate surface area is 189 Å². The quantitative estimate of drug-likeness (QED) is 0.236. The fourth-order valence-corrected chi connectivity index (χ4v) is 5.43. The van der Waals surface area contributed by atoms with E-state index in [-0.39, 0.29) is 22.7 Å². The van der Waals surface area contributed by atoms with E-state index in [0.717, 1.165) is 0 Å². The van der Waals surface area contributed by atoms with E-state index in [1.807, 2.05) is 6.92 Å². The van der Waals surface area contributed by atoms with Crippen LogP contribution in [0.1, 0.15) is 17.9 Å². The molecule has 0 bridgehead atoms. The molecule has 0 saturated heterocycles. The Morgan fingerprint density at radius 2 is 1.00 bits per heavy atom. The largest absolute Gasteiger partial charge is 0 e. The predicted molar refractivity (Wildman–Crippen MR) is 111 cm³/mol. The minimum Gasteiger partial charge on any atom is 0 e. The zero-order chi connectivity index (χ0) is 21.4. The van der Waals surface area contributed by atoms with Crippen LogP contribution in [0.2, 0.25) is 0 Å². The summed E-state index contributed by atoms with van der Waals surface area (Å²) in [5.74, 6) is 0. The maximum absolute atomic E-state index is 7.50. The van der Waals surface area contributed by atoms with Crippen molar-refractivity contribution in [1.82, 2.24) is 0 Å². The maximum Gasteiger partial charge on any atom is 0 e. The zero-order valence-corrected chi connectivity index (χ0v) is 18.5. The standard InChI is InChI=1S/C20H18ClP.3CO.Cr/c1-16(21)19-14-8-9-15-20(19)22(17-10-4-2-5-11-17)18-12-6-3-7-13-18;3*1-2;/h2-16H,1H3;;;;/t16-;;;;/m0..../s1.